The van der Waals surface area contributed by atoms with Crippen LogP contribution in [0.5, 0.6) is 17.2 Å². The first-order valence-electron chi connectivity index (χ1n) is 8.93. The summed E-state index contributed by atoms with van der Waals surface area (Å²) in [7, 11) is 5.26. The maximum absolute atomic E-state index is 11.6. The van der Waals surface area contributed by atoms with E-state index < -0.39 is 0 Å². The van der Waals surface area contributed by atoms with Gasteiger partial charge in [-0.1, -0.05) is 0 Å². The normalized spacial score (nSPS) is 17.2. The van der Waals surface area contributed by atoms with Gasteiger partial charge in [0.15, 0.2) is 0 Å². The molecule has 0 saturated carbocycles. The Hall–Kier alpha value is -2.87. The smallest absolute Gasteiger partial charge is 0.320 e. The molecule has 2 aromatic rings. The number of hydrogen-bond acceptors (Lipinski definition) is 6. The number of nitrogens with zero attached hydrogens (tertiary/aromatic N) is 3. The summed E-state index contributed by atoms with van der Waals surface area (Å²) in [5, 5.41) is 5.20. The van der Waals surface area contributed by atoms with Gasteiger partial charge in [0.05, 0.1) is 19.5 Å². The second-order valence-corrected chi connectivity index (χ2v) is 6.58. The summed E-state index contributed by atoms with van der Waals surface area (Å²) < 4.78 is 11.3. The van der Waals surface area contributed by atoms with Crippen LogP contribution in [0.4, 0.5) is 10.6 Å². The third-order valence-electron chi connectivity index (χ3n) is 4.58. The number of likely N-dealkylation sites (tertiary alicyclic amines) is 1. The highest BCUT2D eigenvalue weighted by molar-refractivity contribution is 5.88. The standard InChI is InChI=1S/C19H25N5O3/c1-20-19(25)23-18-8-17(27-15-7-14(26-3)9-21-10-15)16(11-22-18)13-5-4-6-24(2)12-13/h7-11,13H,4-6,12H2,1-3H3,(H2,20,22,23,25)/t13-/m1/s1. The lowest BCUT2D eigenvalue weighted by molar-refractivity contribution is 0.248. The molecule has 1 saturated heterocycles. The van der Waals surface area contributed by atoms with Crippen molar-refractivity contribution in [1.29, 1.82) is 0 Å². The van der Waals surface area contributed by atoms with E-state index >= 15 is 0 Å². The van der Waals surface area contributed by atoms with Crippen LogP contribution in [0.25, 0.3) is 0 Å². The predicted octanol–water partition coefficient (Wildman–Crippen LogP) is 2.84. The molecule has 0 unspecified atom stereocenters. The fraction of sp³-hybridized carbons (Fsp3) is 0.421. The first-order chi connectivity index (χ1) is 13.1. The zero-order valence-corrected chi connectivity index (χ0v) is 15.9. The van der Waals surface area contributed by atoms with Crippen LogP contribution >= 0.6 is 0 Å². The molecule has 1 fully saturated rings. The van der Waals surface area contributed by atoms with Gasteiger partial charge < -0.3 is 19.7 Å². The van der Waals surface area contributed by atoms with Gasteiger partial charge in [-0.15, -0.1) is 0 Å². The number of aromatic nitrogens is 2. The topological polar surface area (TPSA) is 88.6 Å². The number of ether oxygens (including phenoxy) is 2. The summed E-state index contributed by atoms with van der Waals surface area (Å²) >= 11 is 0. The first-order valence-corrected chi connectivity index (χ1v) is 8.93. The minimum Gasteiger partial charge on any atom is -0.495 e. The number of rotatable bonds is 5. The molecule has 3 rings (SSSR count). The van der Waals surface area contributed by atoms with Gasteiger partial charge in [-0.25, -0.2) is 9.78 Å². The van der Waals surface area contributed by atoms with Crippen molar-refractivity contribution in [3.8, 4) is 17.2 Å². The number of hydrogen-bond donors (Lipinski definition) is 2. The summed E-state index contributed by atoms with van der Waals surface area (Å²) in [5.41, 5.74) is 1.02. The van der Waals surface area contributed by atoms with E-state index in [9.17, 15) is 4.79 Å². The van der Waals surface area contributed by atoms with Crippen LogP contribution in [0.3, 0.4) is 0 Å². The fourth-order valence-corrected chi connectivity index (χ4v) is 3.20. The van der Waals surface area contributed by atoms with Crippen molar-refractivity contribution < 1.29 is 14.3 Å². The van der Waals surface area contributed by atoms with E-state index in [-0.39, 0.29) is 6.03 Å². The number of anilines is 1. The van der Waals surface area contributed by atoms with Crippen molar-refractivity contribution in [2.75, 3.05) is 39.6 Å². The number of amides is 2. The van der Waals surface area contributed by atoms with Crippen LogP contribution in [-0.2, 0) is 0 Å². The molecular formula is C19H25N5O3. The number of pyridine rings is 2. The Kier molecular flexibility index (Phi) is 6.08. The van der Waals surface area contributed by atoms with Crippen molar-refractivity contribution in [1.82, 2.24) is 20.2 Å². The molecule has 0 spiro atoms. The van der Waals surface area contributed by atoms with E-state index in [1.54, 1.807) is 44.9 Å². The van der Waals surface area contributed by atoms with Crippen LogP contribution in [0.2, 0.25) is 0 Å². The Bertz CT molecular complexity index is 799. The van der Waals surface area contributed by atoms with Gasteiger partial charge >= 0.3 is 6.03 Å². The van der Waals surface area contributed by atoms with Crippen LogP contribution < -0.4 is 20.1 Å². The van der Waals surface area contributed by atoms with Crippen molar-refractivity contribution in [2.45, 2.75) is 18.8 Å². The molecule has 27 heavy (non-hydrogen) atoms. The number of methoxy groups -OCH3 is 1. The summed E-state index contributed by atoms with van der Waals surface area (Å²) in [6.45, 7) is 2.03. The summed E-state index contributed by atoms with van der Waals surface area (Å²) in [4.78, 5) is 22.5. The summed E-state index contributed by atoms with van der Waals surface area (Å²) in [6, 6.07) is 3.19. The van der Waals surface area contributed by atoms with Crippen LogP contribution in [0, 0.1) is 0 Å². The molecule has 144 valence electrons. The average Bonchev–Trinajstić information content (AvgIpc) is 2.68. The van der Waals surface area contributed by atoms with Crippen molar-refractivity contribution in [3.05, 3.63) is 36.3 Å². The Morgan fingerprint density at radius 3 is 2.81 bits per heavy atom. The fourth-order valence-electron chi connectivity index (χ4n) is 3.20. The molecule has 8 nitrogen and oxygen atoms in total. The van der Waals surface area contributed by atoms with E-state index in [4.69, 9.17) is 9.47 Å². The third kappa shape index (κ3) is 4.85. The van der Waals surface area contributed by atoms with Gasteiger partial charge in [-0.3, -0.25) is 10.3 Å². The quantitative estimate of drug-likeness (QED) is 0.840. The van der Waals surface area contributed by atoms with Crippen molar-refractivity contribution >= 4 is 11.8 Å². The van der Waals surface area contributed by atoms with Crippen molar-refractivity contribution in [3.63, 3.8) is 0 Å². The lowest BCUT2D eigenvalue weighted by atomic mass is 9.91. The van der Waals surface area contributed by atoms with E-state index in [1.165, 1.54) is 0 Å². The van der Waals surface area contributed by atoms with E-state index in [0.717, 1.165) is 31.5 Å². The van der Waals surface area contributed by atoms with Gasteiger partial charge in [-0.2, -0.15) is 0 Å². The Morgan fingerprint density at radius 1 is 1.26 bits per heavy atom. The Morgan fingerprint density at radius 2 is 2.07 bits per heavy atom. The molecule has 3 heterocycles. The van der Waals surface area contributed by atoms with Crippen molar-refractivity contribution in [2.24, 2.45) is 0 Å². The predicted molar refractivity (Wildman–Crippen MR) is 103 cm³/mol. The molecule has 1 atom stereocenters. The minimum absolute atomic E-state index is 0.318. The summed E-state index contributed by atoms with van der Waals surface area (Å²) in [5.74, 6) is 2.58. The maximum atomic E-state index is 11.6. The highest BCUT2D eigenvalue weighted by atomic mass is 16.5. The molecule has 0 aliphatic carbocycles. The zero-order chi connectivity index (χ0) is 19.2. The molecule has 1 aliphatic rings. The molecule has 2 aromatic heterocycles. The van der Waals surface area contributed by atoms with Gasteiger partial charge in [0.25, 0.3) is 0 Å². The highest BCUT2D eigenvalue weighted by Gasteiger charge is 2.23. The first kappa shape index (κ1) is 18.9. The van der Waals surface area contributed by atoms with Crippen LogP contribution in [-0.4, -0.2) is 55.2 Å². The largest absolute Gasteiger partial charge is 0.495 e. The average molecular weight is 371 g/mol. The molecule has 0 radical (unpaired) electrons. The number of piperidine rings is 1. The second kappa shape index (κ2) is 8.68. The minimum atomic E-state index is -0.332. The number of carbonyl (C=O) groups is 1. The van der Waals surface area contributed by atoms with Crippen LogP contribution in [0.1, 0.15) is 24.3 Å². The molecule has 1 aliphatic heterocycles. The molecular weight excluding hydrogens is 346 g/mol. The van der Waals surface area contributed by atoms with E-state index in [1.807, 2.05) is 0 Å². The number of urea groups is 1. The lowest BCUT2D eigenvalue weighted by Crippen LogP contribution is -2.31. The monoisotopic (exact) mass is 371 g/mol. The Balaban J connectivity index is 1.92. The maximum Gasteiger partial charge on any atom is 0.320 e. The zero-order valence-electron chi connectivity index (χ0n) is 15.9. The molecule has 0 bridgehead atoms. The number of likely N-dealkylation sites (N-methyl/N-ethyl adjacent to an activating group) is 1. The highest BCUT2D eigenvalue weighted by Crippen LogP contribution is 2.36. The number of carbonyl (C=O) groups excluding carboxylic acids is 1. The van der Waals surface area contributed by atoms with Gasteiger partial charge in [-0.05, 0) is 26.4 Å². The molecule has 2 N–H and O–H groups in total. The van der Waals surface area contributed by atoms with E-state index in [0.29, 0.717) is 29.0 Å². The van der Waals surface area contributed by atoms with Gasteiger partial charge in [0.2, 0.25) is 0 Å². The molecule has 2 amide bonds. The SMILES string of the molecule is CNC(=O)Nc1cc(Oc2cncc(OC)c2)c([C@@H]2CCCN(C)C2)cn1. The lowest BCUT2D eigenvalue weighted by Gasteiger charge is -2.30. The number of nitrogens with one attached hydrogen (secondary N) is 2. The third-order valence-corrected chi connectivity index (χ3v) is 4.58. The van der Waals surface area contributed by atoms with E-state index in [2.05, 4.69) is 32.5 Å². The second-order valence-electron chi connectivity index (χ2n) is 6.58. The van der Waals surface area contributed by atoms with Crippen LogP contribution in [0.15, 0.2) is 30.7 Å². The molecule has 0 aromatic carbocycles. The van der Waals surface area contributed by atoms with Gasteiger partial charge in [0.1, 0.15) is 23.1 Å². The molecule has 8 heteroatoms. The Labute approximate surface area is 158 Å². The van der Waals surface area contributed by atoms with Gasteiger partial charge in [0, 0.05) is 43.4 Å². The summed E-state index contributed by atoms with van der Waals surface area (Å²) in [6.07, 6.45) is 7.24.